The van der Waals surface area contributed by atoms with Gasteiger partial charge in [0.05, 0.1) is 17.5 Å². The van der Waals surface area contributed by atoms with Gasteiger partial charge in [0.25, 0.3) is 5.56 Å². The van der Waals surface area contributed by atoms with Crippen molar-refractivity contribution < 1.29 is 17.5 Å². The van der Waals surface area contributed by atoms with Crippen molar-refractivity contribution in [1.82, 2.24) is 9.29 Å². The lowest BCUT2D eigenvalue weighted by atomic mass is 10.0. The summed E-state index contributed by atoms with van der Waals surface area (Å²) < 4.78 is 46.9. The van der Waals surface area contributed by atoms with E-state index in [1.807, 2.05) is 26.0 Å². The normalized spacial score (nSPS) is 11.8. The molecule has 0 spiro atoms. The summed E-state index contributed by atoms with van der Waals surface area (Å²) in [5.41, 5.74) is 3.32. The lowest BCUT2D eigenvalue weighted by molar-refractivity contribution is 0.399. The van der Waals surface area contributed by atoms with Gasteiger partial charge in [-0.3, -0.25) is 4.79 Å². The van der Waals surface area contributed by atoms with Gasteiger partial charge in [0.2, 0.25) is 10.0 Å². The van der Waals surface area contributed by atoms with Crippen LogP contribution < -0.4 is 10.3 Å². The minimum absolute atomic E-state index is 0.0287. The van der Waals surface area contributed by atoms with Gasteiger partial charge < -0.3 is 9.72 Å². The molecule has 176 valence electrons. The second kappa shape index (κ2) is 9.40. The third-order valence-corrected chi connectivity index (χ3v) is 7.75. The van der Waals surface area contributed by atoms with Gasteiger partial charge in [-0.25, -0.2) is 12.8 Å². The number of aromatic nitrogens is 1. The standard InChI is InChI=1S/C26H25FN2O4S/c1-17-4-7-20-14-21(26(30)28-25(20)18(17)2)16-29(15-19-5-8-22(27)9-6-19)34(31,32)24-12-10-23(33-3)11-13-24/h4-14H,15-16H2,1-3H3,(H,28,30). The van der Waals surface area contributed by atoms with Crippen LogP contribution in [0, 0.1) is 19.7 Å². The Morgan fingerprint density at radius 3 is 2.26 bits per heavy atom. The first kappa shape index (κ1) is 23.7. The van der Waals surface area contributed by atoms with Crippen LogP contribution in [0.4, 0.5) is 4.39 Å². The highest BCUT2D eigenvalue weighted by molar-refractivity contribution is 7.89. The number of H-pyrrole nitrogens is 1. The number of fused-ring (bicyclic) bond motifs is 1. The highest BCUT2D eigenvalue weighted by Gasteiger charge is 2.26. The van der Waals surface area contributed by atoms with Crippen LogP contribution in [0.3, 0.4) is 0 Å². The molecule has 0 aliphatic heterocycles. The molecule has 8 heteroatoms. The molecule has 0 aliphatic rings. The molecule has 1 N–H and O–H groups in total. The summed E-state index contributed by atoms with van der Waals surface area (Å²) >= 11 is 0. The number of pyridine rings is 1. The molecule has 0 radical (unpaired) electrons. The van der Waals surface area contributed by atoms with Crippen LogP contribution in [0.25, 0.3) is 10.9 Å². The van der Waals surface area contributed by atoms with E-state index in [0.29, 0.717) is 16.9 Å². The summed E-state index contributed by atoms with van der Waals surface area (Å²) in [6.07, 6.45) is 0. The predicted molar refractivity (Wildman–Crippen MR) is 130 cm³/mol. The Morgan fingerprint density at radius 2 is 1.62 bits per heavy atom. The SMILES string of the molecule is COc1ccc(S(=O)(=O)N(Cc2ccc(F)cc2)Cc2cc3ccc(C)c(C)c3[nH]c2=O)cc1. The number of nitrogens with one attached hydrogen (secondary N) is 1. The van der Waals surface area contributed by atoms with E-state index < -0.39 is 15.8 Å². The number of halogens is 1. The van der Waals surface area contributed by atoms with Gasteiger partial charge >= 0.3 is 0 Å². The quantitative estimate of drug-likeness (QED) is 0.416. The maximum absolute atomic E-state index is 13.6. The Hall–Kier alpha value is -3.49. The fourth-order valence-corrected chi connectivity index (χ4v) is 5.20. The minimum atomic E-state index is -3.99. The molecule has 0 saturated heterocycles. The summed E-state index contributed by atoms with van der Waals surface area (Å²) in [6.45, 7) is 3.72. The van der Waals surface area contributed by atoms with Crippen LogP contribution in [0.15, 0.2) is 76.4 Å². The van der Waals surface area contributed by atoms with Gasteiger partial charge in [0.1, 0.15) is 11.6 Å². The van der Waals surface area contributed by atoms with Gasteiger partial charge in [-0.2, -0.15) is 4.31 Å². The van der Waals surface area contributed by atoms with Crippen LogP contribution in [-0.4, -0.2) is 24.8 Å². The number of aryl methyl sites for hydroxylation is 2. The summed E-state index contributed by atoms with van der Waals surface area (Å²) in [5, 5.41) is 0.821. The average Bonchev–Trinajstić information content (AvgIpc) is 2.83. The van der Waals surface area contributed by atoms with E-state index in [4.69, 9.17) is 4.74 Å². The second-order valence-electron chi connectivity index (χ2n) is 8.17. The van der Waals surface area contributed by atoms with E-state index in [9.17, 15) is 17.6 Å². The molecule has 0 atom stereocenters. The van der Waals surface area contributed by atoms with Crippen LogP contribution in [0.1, 0.15) is 22.3 Å². The van der Waals surface area contributed by atoms with Crippen molar-refractivity contribution in [2.45, 2.75) is 31.8 Å². The summed E-state index contributed by atoms with van der Waals surface area (Å²) in [4.78, 5) is 15.9. The zero-order valence-electron chi connectivity index (χ0n) is 19.1. The molecule has 6 nitrogen and oxygen atoms in total. The predicted octanol–water partition coefficient (Wildman–Crippen LogP) is 4.68. The van der Waals surface area contributed by atoms with Gasteiger partial charge in [-0.1, -0.05) is 24.3 Å². The first-order valence-electron chi connectivity index (χ1n) is 10.7. The molecule has 4 aromatic rings. The number of methoxy groups -OCH3 is 1. The van der Waals surface area contributed by atoms with Crippen LogP contribution in [0.2, 0.25) is 0 Å². The Labute approximate surface area is 197 Å². The molecule has 0 unspecified atom stereocenters. The Kier molecular flexibility index (Phi) is 6.54. The molecule has 0 aliphatic carbocycles. The summed E-state index contributed by atoms with van der Waals surface area (Å²) in [6, 6.07) is 17.3. The molecule has 0 fully saturated rings. The van der Waals surface area contributed by atoms with Gasteiger partial charge in [-0.05, 0) is 78.4 Å². The fourth-order valence-electron chi connectivity index (χ4n) is 3.79. The molecule has 1 aromatic heterocycles. The molecule has 0 saturated carbocycles. The number of rotatable bonds is 7. The maximum atomic E-state index is 13.6. The number of aromatic amines is 1. The highest BCUT2D eigenvalue weighted by Crippen LogP contribution is 2.24. The van der Waals surface area contributed by atoms with Crippen molar-refractivity contribution in [3.05, 3.63) is 105 Å². The number of hydrogen-bond donors (Lipinski definition) is 1. The first-order chi connectivity index (χ1) is 16.2. The monoisotopic (exact) mass is 480 g/mol. The van der Waals surface area contributed by atoms with E-state index >= 15 is 0 Å². The van der Waals surface area contributed by atoms with E-state index in [2.05, 4.69) is 4.98 Å². The van der Waals surface area contributed by atoms with Crippen molar-refractivity contribution in [2.75, 3.05) is 7.11 Å². The molecule has 1 heterocycles. The van der Waals surface area contributed by atoms with E-state index in [-0.39, 0.29) is 23.5 Å². The minimum Gasteiger partial charge on any atom is -0.497 e. The van der Waals surface area contributed by atoms with E-state index in [0.717, 1.165) is 22.0 Å². The van der Waals surface area contributed by atoms with Crippen molar-refractivity contribution in [1.29, 1.82) is 0 Å². The number of ether oxygens (including phenoxy) is 1. The topological polar surface area (TPSA) is 79.5 Å². The summed E-state index contributed by atoms with van der Waals surface area (Å²) in [7, 11) is -2.49. The zero-order valence-corrected chi connectivity index (χ0v) is 19.9. The molecule has 0 bridgehead atoms. The molecular formula is C26H25FN2O4S. The van der Waals surface area contributed by atoms with Gasteiger partial charge in [0, 0.05) is 18.7 Å². The number of sulfonamides is 1. The highest BCUT2D eigenvalue weighted by atomic mass is 32.2. The summed E-state index contributed by atoms with van der Waals surface area (Å²) in [5.74, 6) is 0.116. The molecule has 34 heavy (non-hydrogen) atoms. The van der Waals surface area contributed by atoms with Crippen LogP contribution >= 0.6 is 0 Å². The molecule has 3 aromatic carbocycles. The lowest BCUT2D eigenvalue weighted by Crippen LogP contribution is -2.32. The van der Waals surface area contributed by atoms with Gasteiger partial charge in [-0.15, -0.1) is 0 Å². The maximum Gasteiger partial charge on any atom is 0.252 e. The number of hydrogen-bond acceptors (Lipinski definition) is 4. The lowest BCUT2D eigenvalue weighted by Gasteiger charge is -2.23. The fraction of sp³-hybridized carbons (Fsp3) is 0.192. The second-order valence-corrected chi connectivity index (χ2v) is 10.1. The van der Waals surface area contributed by atoms with E-state index in [1.165, 1.54) is 47.8 Å². The van der Waals surface area contributed by atoms with E-state index in [1.54, 1.807) is 18.2 Å². The number of nitrogens with zero attached hydrogens (tertiary/aromatic N) is 1. The average molecular weight is 481 g/mol. The van der Waals surface area contributed by atoms with Crippen molar-refractivity contribution >= 4 is 20.9 Å². The van der Waals surface area contributed by atoms with Crippen molar-refractivity contribution in [2.24, 2.45) is 0 Å². The van der Waals surface area contributed by atoms with Crippen LogP contribution in [-0.2, 0) is 23.1 Å². The van der Waals surface area contributed by atoms with Crippen LogP contribution in [0.5, 0.6) is 5.75 Å². The Morgan fingerprint density at radius 1 is 0.941 bits per heavy atom. The first-order valence-corrected chi connectivity index (χ1v) is 12.1. The Balaban J connectivity index is 1.77. The van der Waals surface area contributed by atoms with Gasteiger partial charge in [0.15, 0.2) is 0 Å². The van der Waals surface area contributed by atoms with Crippen molar-refractivity contribution in [3.8, 4) is 5.75 Å². The molecule has 0 amide bonds. The smallest absolute Gasteiger partial charge is 0.252 e. The zero-order chi connectivity index (χ0) is 24.5. The third kappa shape index (κ3) is 4.73. The third-order valence-electron chi connectivity index (χ3n) is 5.94. The largest absolute Gasteiger partial charge is 0.497 e. The molecular weight excluding hydrogens is 455 g/mol. The molecule has 4 rings (SSSR count). The van der Waals surface area contributed by atoms with Crippen molar-refractivity contribution in [3.63, 3.8) is 0 Å². The Bertz CT molecular complexity index is 1500. The number of benzene rings is 3.